The molecular formula is C34H36IrN7O2-3. The van der Waals surface area contributed by atoms with E-state index in [9.17, 15) is 0 Å². The smallest absolute Gasteiger partial charge is 0.241 e. The molecule has 0 bridgehead atoms. The van der Waals surface area contributed by atoms with Crippen molar-refractivity contribution in [2.75, 3.05) is 14.2 Å². The molecule has 6 aromatic rings. The fraction of sp³-hybridized carbons (Fsp3) is 0.235. The van der Waals surface area contributed by atoms with Gasteiger partial charge in [-0.05, 0) is 39.8 Å². The van der Waals surface area contributed by atoms with Gasteiger partial charge in [-0.1, -0.05) is 29.2 Å². The number of ether oxygens (including phenoxy) is 2. The van der Waals surface area contributed by atoms with E-state index in [0.29, 0.717) is 0 Å². The summed E-state index contributed by atoms with van der Waals surface area (Å²) in [6.45, 7) is 8.28. The van der Waals surface area contributed by atoms with Crippen LogP contribution < -0.4 is 23.7 Å². The first-order chi connectivity index (χ1) is 20.7. The molecule has 0 unspecified atom stereocenters. The number of imidazole rings is 2. The van der Waals surface area contributed by atoms with Gasteiger partial charge in [0.15, 0.2) is 0 Å². The maximum absolute atomic E-state index is 5.20. The van der Waals surface area contributed by atoms with Gasteiger partial charge in [0.2, 0.25) is 12.7 Å². The van der Waals surface area contributed by atoms with E-state index >= 15 is 0 Å². The second-order valence-corrected chi connectivity index (χ2v) is 9.69. The van der Waals surface area contributed by atoms with Crippen LogP contribution in [0.1, 0.15) is 22.8 Å². The molecule has 0 aliphatic heterocycles. The molecule has 0 N–H and O–H groups in total. The van der Waals surface area contributed by atoms with Crippen molar-refractivity contribution in [2.24, 2.45) is 14.1 Å². The molecule has 9 nitrogen and oxygen atoms in total. The molecule has 0 aliphatic carbocycles. The zero-order chi connectivity index (χ0) is 30.9. The normalized spacial score (nSPS) is 10.1. The Balaban J connectivity index is 0.000000181. The molecule has 0 atom stereocenters. The monoisotopic (exact) mass is 767 g/mol. The van der Waals surface area contributed by atoms with Gasteiger partial charge in [0.05, 0.1) is 28.3 Å². The van der Waals surface area contributed by atoms with Gasteiger partial charge >= 0.3 is 0 Å². The maximum Gasteiger partial charge on any atom is 0.241 e. The zero-order valence-electron chi connectivity index (χ0n) is 26.2. The van der Waals surface area contributed by atoms with Gasteiger partial charge in [-0.2, -0.15) is 24.3 Å². The Morgan fingerprint density at radius 3 is 1.61 bits per heavy atom. The first kappa shape index (κ1) is 34.0. The van der Waals surface area contributed by atoms with Crippen LogP contribution in [0.25, 0.3) is 22.8 Å². The fourth-order valence-electron chi connectivity index (χ4n) is 4.14. The molecule has 4 aromatic heterocycles. The third-order valence-corrected chi connectivity index (χ3v) is 7.08. The minimum atomic E-state index is 0. The minimum absolute atomic E-state index is 0. The number of hydrogen-bond acceptors (Lipinski definition) is 4. The quantitative estimate of drug-likeness (QED) is 0.195. The van der Waals surface area contributed by atoms with Crippen LogP contribution >= 0.6 is 0 Å². The van der Waals surface area contributed by atoms with E-state index in [0.717, 1.165) is 45.6 Å². The molecule has 4 heterocycles. The Kier molecular flexibility index (Phi) is 12.2. The number of methoxy groups -OCH3 is 2. The summed E-state index contributed by atoms with van der Waals surface area (Å²) in [4.78, 5) is 4.12. The van der Waals surface area contributed by atoms with Crippen LogP contribution in [-0.4, -0.2) is 33.4 Å². The Bertz CT molecular complexity index is 1660. The molecule has 0 amide bonds. The standard InChI is InChI=1S/2C13H15N2O.C8H6N3.Ir/c2*1-10-11(2)15(9-14(10)3)12-6-5-7-13(8-12)16-4;1-2-5-9-7(3-1)8-4-6-10-11-8;/h2*5,7-8H,1-4H3;1-6H;/q3*-1;. The minimum Gasteiger partial charge on any atom is -0.574 e. The molecule has 44 heavy (non-hydrogen) atoms. The van der Waals surface area contributed by atoms with Gasteiger partial charge in [0.25, 0.3) is 0 Å². The molecule has 0 aliphatic rings. The number of hydrogen-bond donors (Lipinski definition) is 0. The topological polar surface area (TPSA) is 76.0 Å². The molecule has 10 heteroatoms. The van der Waals surface area contributed by atoms with Gasteiger partial charge < -0.3 is 37.9 Å². The van der Waals surface area contributed by atoms with Gasteiger partial charge in [-0.3, -0.25) is 4.98 Å². The average Bonchev–Trinajstić information content (AvgIpc) is 3.75. The van der Waals surface area contributed by atoms with E-state index in [4.69, 9.17) is 9.47 Å². The summed E-state index contributed by atoms with van der Waals surface area (Å²) in [5.41, 5.74) is 8.28. The summed E-state index contributed by atoms with van der Waals surface area (Å²) in [7, 11) is 7.30. The molecule has 0 saturated heterocycles. The van der Waals surface area contributed by atoms with Crippen molar-refractivity contribution in [3.63, 3.8) is 0 Å². The van der Waals surface area contributed by atoms with Crippen molar-refractivity contribution in [1.29, 1.82) is 0 Å². The second kappa shape index (κ2) is 15.8. The van der Waals surface area contributed by atoms with E-state index in [1.165, 1.54) is 11.4 Å². The SMILES string of the molecule is COc1cc[c-]c(-n2[c-][n+](C)c(C)c2C)c1.COc1cc[c-]c(-n2[c-][n+](C)c(C)c2C)c1.[Ir].c1ccc(-c2ccn[n-]2)nc1. The molecular weight excluding hydrogens is 731 g/mol. The molecule has 2 aromatic carbocycles. The molecule has 0 fully saturated rings. The van der Waals surface area contributed by atoms with E-state index in [2.05, 4.69) is 67.7 Å². The summed E-state index contributed by atoms with van der Waals surface area (Å²) < 4.78 is 18.3. The number of aryl methyl sites for hydroxylation is 2. The first-order valence-corrected chi connectivity index (χ1v) is 13.7. The summed E-state index contributed by atoms with van der Waals surface area (Å²) in [5, 5.41) is 7.58. The van der Waals surface area contributed by atoms with Crippen LogP contribution in [0.2, 0.25) is 0 Å². The van der Waals surface area contributed by atoms with Crippen molar-refractivity contribution >= 4 is 0 Å². The summed E-state index contributed by atoms with van der Waals surface area (Å²) >= 11 is 0. The van der Waals surface area contributed by atoms with Crippen molar-refractivity contribution in [1.82, 2.24) is 24.3 Å². The number of benzene rings is 2. The molecule has 0 saturated carbocycles. The van der Waals surface area contributed by atoms with Crippen LogP contribution in [-0.2, 0) is 34.2 Å². The fourth-order valence-corrected chi connectivity index (χ4v) is 4.14. The van der Waals surface area contributed by atoms with Crippen LogP contribution in [0.5, 0.6) is 11.5 Å². The van der Waals surface area contributed by atoms with E-state index < -0.39 is 0 Å². The van der Waals surface area contributed by atoms with Gasteiger partial charge in [0, 0.05) is 72.5 Å². The summed E-state index contributed by atoms with van der Waals surface area (Å²) in [6.07, 6.45) is 9.85. The summed E-state index contributed by atoms with van der Waals surface area (Å²) in [5.74, 6) is 1.66. The number of rotatable bonds is 5. The van der Waals surface area contributed by atoms with Crippen LogP contribution in [0.4, 0.5) is 0 Å². The van der Waals surface area contributed by atoms with Crippen molar-refractivity contribution in [2.45, 2.75) is 27.7 Å². The van der Waals surface area contributed by atoms with Crippen LogP contribution in [0.3, 0.4) is 0 Å². The third kappa shape index (κ3) is 8.09. The Hall–Kier alpha value is -4.53. The second-order valence-electron chi connectivity index (χ2n) is 9.69. The van der Waals surface area contributed by atoms with Crippen LogP contribution in [0, 0.1) is 52.5 Å². The van der Waals surface area contributed by atoms with Gasteiger partial charge in [-0.25, -0.2) is 0 Å². The molecule has 1 radical (unpaired) electrons. The van der Waals surface area contributed by atoms with Crippen molar-refractivity contribution in [3.05, 3.63) is 121 Å². The van der Waals surface area contributed by atoms with E-state index in [-0.39, 0.29) is 20.1 Å². The summed E-state index contributed by atoms with van der Waals surface area (Å²) in [6, 6.07) is 25.3. The predicted octanol–water partition coefficient (Wildman–Crippen LogP) is 4.15. The van der Waals surface area contributed by atoms with Gasteiger partial charge in [-0.15, -0.1) is 24.3 Å². The Labute approximate surface area is 273 Å². The zero-order valence-corrected chi connectivity index (χ0v) is 28.6. The average molecular weight is 767 g/mol. The Morgan fingerprint density at radius 1 is 0.727 bits per heavy atom. The van der Waals surface area contributed by atoms with E-state index in [1.54, 1.807) is 26.6 Å². The molecule has 231 valence electrons. The third-order valence-electron chi connectivity index (χ3n) is 7.08. The predicted molar refractivity (Wildman–Crippen MR) is 162 cm³/mol. The molecule has 6 rings (SSSR count). The van der Waals surface area contributed by atoms with Gasteiger partial charge in [0.1, 0.15) is 0 Å². The number of pyridine rings is 1. The first-order valence-electron chi connectivity index (χ1n) is 13.7. The van der Waals surface area contributed by atoms with E-state index in [1.807, 2.05) is 93.0 Å². The Morgan fingerprint density at radius 2 is 1.25 bits per heavy atom. The number of aromatic nitrogens is 7. The molecule has 0 spiro atoms. The number of nitrogens with zero attached hydrogens (tertiary/aromatic N) is 7. The van der Waals surface area contributed by atoms with Crippen LogP contribution in [0.15, 0.2) is 73.1 Å². The largest absolute Gasteiger partial charge is 0.574 e. The van der Waals surface area contributed by atoms with Crippen molar-refractivity contribution < 1.29 is 38.7 Å². The maximum atomic E-state index is 5.20. The van der Waals surface area contributed by atoms with Crippen molar-refractivity contribution in [3.8, 4) is 34.3 Å².